The maximum absolute atomic E-state index is 13.0. The molecule has 0 spiro atoms. The van der Waals surface area contributed by atoms with Crippen LogP contribution in [-0.4, -0.2) is 52.9 Å². The molecule has 1 unspecified atom stereocenters. The Labute approximate surface area is 226 Å². The van der Waals surface area contributed by atoms with Crippen molar-refractivity contribution in [2.45, 2.75) is 19.3 Å². The van der Waals surface area contributed by atoms with E-state index in [4.69, 9.17) is 42.6 Å². The van der Waals surface area contributed by atoms with Gasteiger partial charge in [-0.15, -0.1) is 0 Å². The standard InChI is InChI=1S/C26H23BCl3N5O/c27-19-14-32-35-24(12-23(33-26(19)35)18-5-1-2-6-20(18)28)31-13-17-4-3-9-34(15-17)25(36)11-16-7-8-21(29)22(30)10-16/h1-2,5-8,10,12,14,17,31H,3-4,9,11,13,15H2. The van der Waals surface area contributed by atoms with Gasteiger partial charge in [-0.1, -0.05) is 59.1 Å². The first-order valence-electron chi connectivity index (χ1n) is 11.7. The van der Waals surface area contributed by atoms with Crippen molar-refractivity contribution < 1.29 is 4.79 Å². The zero-order valence-corrected chi connectivity index (χ0v) is 21.7. The molecular formula is C26H23BCl3N5O. The Kier molecular flexibility index (Phi) is 7.42. The van der Waals surface area contributed by atoms with Gasteiger partial charge in [0.05, 0.1) is 22.2 Å². The lowest BCUT2D eigenvalue weighted by molar-refractivity contribution is -0.132. The van der Waals surface area contributed by atoms with Gasteiger partial charge < -0.3 is 10.2 Å². The summed E-state index contributed by atoms with van der Waals surface area (Å²) in [4.78, 5) is 19.6. The molecule has 2 radical (unpaired) electrons. The Hall–Kier alpha value is -2.74. The first-order chi connectivity index (χ1) is 17.4. The van der Waals surface area contributed by atoms with Crippen LogP contribution >= 0.6 is 34.8 Å². The van der Waals surface area contributed by atoms with Gasteiger partial charge in [0, 0.05) is 42.5 Å². The molecule has 1 fully saturated rings. The highest BCUT2D eigenvalue weighted by Crippen LogP contribution is 2.29. The van der Waals surface area contributed by atoms with Crippen molar-refractivity contribution in [2.75, 3.05) is 25.0 Å². The summed E-state index contributed by atoms with van der Waals surface area (Å²) in [6.45, 7) is 2.11. The summed E-state index contributed by atoms with van der Waals surface area (Å²) >= 11 is 18.5. The Bertz CT molecular complexity index is 1430. The molecule has 2 aromatic heterocycles. The lowest BCUT2D eigenvalue weighted by Crippen LogP contribution is -2.42. The number of benzene rings is 2. The molecule has 182 valence electrons. The Balaban J connectivity index is 1.30. The van der Waals surface area contributed by atoms with Gasteiger partial charge in [0.15, 0.2) is 5.65 Å². The molecular weight excluding hydrogens is 515 g/mol. The number of hydrogen-bond donors (Lipinski definition) is 1. The number of likely N-dealkylation sites (tertiary alicyclic amines) is 1. The quantitative estimate of drug-likeness (QED) is 0.349. The highest BCUT2D eigenvalue weighted by molar-refractivity contribution is 6.42. The number of anilines is 1. The van der Waals surface area contributed by atoms with Crippen LogP contribution in [0.2, 0.25) is 15.1 Å². The highest BCUT2D eigenvalue weighted by Gasteiger charge is 2.24. The second kappa shape index (κ2) is 10.7. The van der Waals surface area contributed by atoms with E-state index >= 15 is 0 Å². The number of hydrogen-bond acceptors (Lipinski definition) is 4. The van der Waals surface area contributed by atoms with Crippen LogP contribution < -0.4 is 10.8 Å². The number of amides is 1. The van der Waals surface area contributed by atoms with Crippen LogP contribution in [0.4, 0.5) is 5.82 Å². The number of carbonyl (C=O) groups is 1. The summed E-state index contributed by atoms with van der Waals surface area (Å²) in [5.74, 6) is 1.15. The second-order valence-corrected chi connectivity index (χ2v) is 10.2. The molecule has 1 aliphatic rings. The van der Waals surface area contributed by atoms with E-state index in [2.05, 4.69) is 15.4 Å². The number of halogens is 3. The van der Waals surface area contributed by atoms with Gasteiger partial charge in [0.25, 0.3) is 0 Å². The van der Waals surface area contributed by atoms with Crippen LogP contribution in [0.15, 0.2) is 54.7 Å². The maximum atomic E-state index is 13.0. The molecule has 2 aromatic carbocycles. The van der Waals surface area contributed by atoms with E-state index in [0.29, 0.717) is 51.4 Å². The summed E-state index contributed by atoms with van der Waals surface area (Å²) in [7, 11) is 6.14. The van der Waals surface area contributed by atoms with Gasteiger partial charge >= 0.3 is 0 Å². The largest absolute Gasteiger partial charge is 0.370 e. The summed E-state index contributed by atoms with van der Waals surface area (Å²) in [5, 5.41) is 9.46. The van der Waals surface area contributed by atoms with Crippen molar-refractivity contribution in [3.05, 3.63) is 75.4 Å². The normalized spacial score (nSPS) is 15.9. The molecule has 0 bridgehead atoms. The molecule has 1 amide bonds. The molecule has 36 heavy (non-hydrogen) atoms. The minimum Gasteiger partial charge on any atom is -0.370 e. The number of carbonyl (C=O) groups excluding carboxylic acids is 1. The van der Waals surface area contributed by atoms with E-state index in [0.717, 1.165) is 36.3 Å². The zero-order chi connectivity index (χ0) is 25.2. The van der Waals surface area contributed by atoms with Crippen molar-refractivity contribution in [1.29, 1.82) is 0 Å². The number of aromatic nitrogens is 3. The smallest absolute Gasteiger partial charge is 0.227 e. The molecule has 4 aromatic rings. The van der Waals surface area contributed by atoms with Gasteiger partial charge in [0.2, 0.25) is 5.91 Å². The van der Waals surface area contributed by atoms with Crippen LogP contribution in [0.5, 0.6) is 0 Å². The Morgan fingerprint density at radius 3 is 2.72 bits per heavy atom. The fraction of sp³-hybridized carbons (Fsp3) is 0.269. The third kappa shape index (κ3) is 5.34. The van der Waals surface area contributed by atoms with Crippen LogP contribution in [-0.2, 0) is 11.2 Å². The predicted octanol–water partition coefficient (Wildman–Crippen LogP) is 5.04. The lowest BCUT2D eigenvalue weighted by Gasteiger charge is -2.33. The molecule has 3 heterocycles. The predicted molar refractivity (Wildman–Crippen MR) is 147 cm³/mol. The van der Waals surface area contributed by atoms with Crippen molar-refractivity contribution >= 4 is 65.5 Å². The van der Waals surface area contributed by atoms with Crippen molar-refractivity contribution in [3.8, 4) is 11.3 Å². The number of nitrogens with zero attached hydrogens (tertiary/aromatic N) is 4. The number of piperidine rings is 1. The highest BCUT2D eigenvalue weighted by atomic mass is 35.5. The minimum absolute atomic E-state index is 0.0882. The number of rotatable bonds is 6. The van der Waals surface area contributed by atoms with E-state index in [9.17, 15) is 4.79 Å². The third-order valence-electron chi connectivity index (χ3n) is 6.43. The van der Waals surface area contributed by atoms with Crippen molar-refractivity contribution in [1.82, 2.24) is 19.5 Å². The summed E-state index contributed by atoms with van der Waals surface area (Å²) in [6.07, 6.45) is 3.87. The van der Waals surface area contributed by atoms with Gasteiger partial charge in [-0.05, 0) is 48.0 Å². The molecule has 5 rings (SSSR count). The molecule has 1 saturated heterocycles. The molecule has 0 saturated carbocycles. The molecule has 1 aliphatic heterocycles. The SMILES string of the molecule is [B]c1cnn2c(NCC3CCCN(C(=O)Cc4ccc(Cl)c(Cl)c4)C3)cc(-c3ccccc3Cl)nc12. The average molecular weight is 539 g/mol. The molecule has 1 atom stereocenters. The van der Waals surface area contributed by atoms with E-state index in [1.165, 1.54) is 0 Å². The minimum atomic E-state index is 0.0882. The zero-order valence-electron chi connectivity index (χ0n) is 19.4. The van der Waals surface area contributed by atoms with Gasteiger partial charge in [0.1, 0.15) is 13.7 Å². The number of nitrogens with one attached hydrogen (secondary N) is 1. The summed E-state index contributed by atoms with van der Waals surface area (Å²) in [5.41, 5.74) is 3.45. The van der Waals surface area contributed by atoms with E-state index < -0.39 is 0 Å². The van der Waals surface area contributed by atoms with Crippen LogP contribution in [0.3, 0.4) is 0 Å². The lowest BCUT2D eigenvalue weighted by atomic mass is 9.97. The maximum Gasteiger partial charge on any atom is 0.227 e. The molecule has 10 heteroatoms. The van der Waals surface area contributed by atoms with Gasteiger partial charge in [-0.25, -0.2) is 4.98 Å². The van der Waals surface area contributed by atoms with Gasteiger partial charge in [-0.2, -0.15) is 9.61 Å². The molecule has 6 nitrogen and oxygen atoms in total. The van der Waals surface area contributed by atoms with E-state index in [1.807, 2.05) is 41.3 Å². The first-order valence-corrected chi connectivity index (χ1v) is 12.9. The van der Waals surface area contributed by atoms with Crippen LogP contribution in [0, 0.1) is 5.92 Å². The third-order valence-corrected chi connectivity index (χ3v) is 7.50. The van der Waals surface area contributed by atoms with E-state index in [1.54, 1.807) is 22.8 Å². The van der Waals surface area contributed by atoms with Gasteiger partial charge in [-0.3, -0.25) is 4.79 Å². The molecule has 0 aliphatic carbocycles. The monoisotopic (exact) mass is 537 g/mol. The van der Waals surface area contributed by atoms with E-state index in [-0.39, 0.29) is 11.8 Å². The fourth-order valence-corrected chi connectivity index (χ4v) is 5.11. The average Bonchev–Trinajstić information content (AvgIpc) is 3.26. The topological polar surface area (TPSA) is 62.5 Å². The summed E-state index contributed by atoms with van der Waals surface area (Å²) in [6, 6.07) is 14.8. The Morgan fingerprint density at radius 1 is 1.08 bits per heavy atom. The second-order valence-electron chi connectivity index (χ2n) is 9.00. The number of fused-ring (bicyclic) bond motifs is 1. The van der Waals surface area contributed by atoms with Crippen molar-refractivity contribution in [3.63, 3.8) is 0 Å². The molecule has 1 N–H and O–H groups in total. The van der Waals surface area contributed by atoms with Crippen LogP contribution in [0.1, 0.15) is 18.4 Å². The first kappa shape index (κ1) is 24.9. The van der Waals surface area contributed by atoms with Crippen molar-refractivity contribution in [2.24, 2.45) is 5.92 Å². The Morgan fingerprint density at radius 2 is 1.92 bits per heavy atom. The fourth-order valence-electron chi connectivity index (χ4n) is 4.56. The summed E-state index contributed by atoms with van der Waals surface area (Å²) < 4.78 is 1.70. The van der Waals surface area contributed by atoms with Crippen LogP contribution in [0.25, 0.3) is 16.9 Å².